The molecule has 0 saturated heterocycles. The van der Waals surface area contributed by atoms with Crippen LogP contribution in [0.5, 0.6) is 17.2 Å². The van der Waals surface area contributed by atoms with Crippen molar-refractivity contribution in [3.8, 4) is 17.2 Å². The van der Waals surface area contributed by atoms with E-state index in [9.17, 15) is 31.9 Å². The smallest absolute Gasteiger partial charge is 0.507 e. The molecule has 0 fully saturated rings. The number of halogens is 4. The molecule has 0 unspecified atom stereocenters. The van der Waals surface area contributed by atoms with Gasteiger partial charge in [0.05, 0.1) is 23.8 Å². The summed E-state index contributed by atoms with van der Waals surface area (Å²) in [7, 11) is 1.31. The number of rotatable bonds is 8. The zero-order chi connectivity index (χ0) is 27.8. The first-order chi connectivity index (χ1) is 17.3. The van der Waals surface area contributed by atoms with E-state index < -0.39 is 41.6 Å². The molecule has 9 nitrogen and oxygen atoms in total. The standard InChI is InChI=1S/C16H10F4O6.C8H8O3/c17-15(18,25-11-5-1-9(2-6-11)13(21)22)16(19,20)26-12-7-3-10(4-8-12)14(23)24;1-11-8(10)6-2-4-7(9)5-3-6/h1-8H,(H,21,22)(H,23,24);2-5,9H,1H3. The molecule has 3 N–H and O–H groups in total. The predicted octanol–water partition coefficient (Wildman–Crippen LogP) is 4.91. The van der Waals surface area contributed by atoms with Crippen LogP contribution in [0.25, 0.3) is 0 Å². The van der Waals surface area contributed by atoms with Crippen molar-refractivity contribution < 1.29 is 61.5 Å². The second-order valence-corrected chi connectivity index (χ2v) is 6.94. The molecule has 13 heteroatoms. The fourth-order valence-corrected chi connectivity index (χ4v) is 2.46. The van der Waals surface area contributed by atoms with Crippen LogP contribution in [0.1, 0.15) is 31.1 Å². The molecular formula is C24H18F4O9. The van der Waals surface area contributed by atoms with Crippen LogP contribution < -0.4 is 9.47 Å². The molecule has 196 valence electrons. The van der Waals surface area contributed by atoms with Gasteiger partial charge in [-0.2, -0.15) is 17.6 Å². The maximum atomic E-state index is 13.7. The number of carbonyl (C=O) groups excluding carboxylic acids is 1. The van der Waals surface area contributed by atoms with E-state index in [0.29, 0.717) is 5.56 Å². The van der Waals surface area contributed by atoms with Crippen molar-refractivity contribution in [1.82, 2.24) is 0 Å². The van der Waals surface area contributed by atoms with Gasteiger partial charge in [-0.1, -0.05) is 0 Å². The molecule has 3 aromatic carbocycles. The van der Waals surface area contributed by atoms with Crippen LogP contribution in [0, 0.1) is 0 Å². The maximum absolute atomic E-state index is 13.7. The van der Waals surface area contributed by atoms with Crippen LogP contribution in [0.15, 0.2) is 72.8 Å². The number of phenolic OH excluding ortho intramolecular Hbond substituents is 1. The number of methoxy groups -OCH3 is 1. The summed E-state index contributed by atoms with van der Waals surface area (Å²) in [6, 6.07) is 12.6. The number of hydrogen-bond donors (Lipinski definition) is 3. The quantitative estimate of drug-likeness (QED) is 0.276. The molecule has 0 amide bonds. The largest absolute Gasteiger partial charge is 0.508 e. The Bertz CT molecular complexity index is 1160. The Balaban J connectivity index is 0.000000364. The average molecular weight is 526 g/mol. The summed E-state index contributed by atoms with van der Waals surface area (Å²) < 4.78 is 67.3. The number of esters is 1. The molecule has 3 aromatic rings. The van der Waals surface area contributed by atoms with Crippen LogP contribution >= 0.6 is 0 Å². The molecule has 37 heavy (non-hydrogen) atoms. The highest BCUT2D eigenvalue weighted by atomic mass is 19.3. The first-order valence-electron chi connectivity index (χ1n) is 9.93. The van der Waals surface area contributed by atoms with Gasteiger partial charge in [-0.25, -0.2) is 14.4 Å². The normalized spacial score (nSPS) is 10.9. The summed E-state index contributed by atoms with van der Waals surface area (Å²) in [5.74, 6) is -4.33. The number of carbonyl (C=O) groups is 3. The van der Waals surface area contributed by atoms with Crippen molar-refractivity contribution in [2.45, 2.75) is 12.2 Å². The number of alkyl halides is 4. The van der Waals surface area contributed by atoms with E-state index in [1.54, 1.807) is 0 Å². The SMILES string of the molecule is COC(=O)c1ccc(O)cc1.O=C(O)c1ccc(OC(F)(F)C(F)(F)Oc2ccc(C(=O)O)cc2)cc1. The Morgan fingerprint density at radius 3 is 1.24 bits per heavy atom. The zero-order valence-corrected chi connectivity index (χ0v) is 18.7. The van der Waals surface area contributed by atoms with Gasteiger partial charge in [0, 0.05) is 0 Å². The molecular weight excluding hydrogens is 508 g/mol. The Morgan fingerprint density at radius 2 is 0.946 bits per heavy atom. The predicted molar refractivity (Wildman–Crippen MR) is 117 cm³/mol. The molecule has 0 aliphatic heterocycles. The summed E-state index contributed by atoms with van der Waals surface area (Å²) in [6.45, 7) is 0. The first-order valence-corrected chi connectivity index (χ1v) is 9.93. The first kappa shape index (κ1) is 28.4. The molecule has 0 spiro atoms. The minimum absolute atomic E-state index is 0.137. The summed E-state index contributed by atoms with van der Waals surface area (Å²) in [4.78, 5) is 32.1. The Morgan fingerprint density at radius 1 is 0.622 bits per heavy atom. The van der Waals surface area contributed by atoms with Crippen molar-refractivity contribution in [2.24, 2.45) is 0 Å². The summed E-state index contributed by atoms with van der Waals surface area (Å²) in [5.41, 5.74) is -0.0605. The second kappa shape index (κ2) is 11.7. The van der Waals surface area contributed by atoms with E-state index in [0.717, 1.165) is 48.5 Å². The van der Waals surface area contributed by atoms with Crippen LogP contribution in [0.3, 0.4) is 0 Å². The van der Waals surface area contributed by atoms with Gasteiger partial charge in [-0.15, -0.1) is 0 Å². The number of ether oxygens (including phenoxy) is 3. The van der Waals surface area contributed by atoms with Crippen molar-refractivity contribution in [3.05, 3.63) is 89.5 Å². The number of phenols is 1. The lowest BCUT2D eigenvalue weighted by molar-refractivity contribution is -0.379. The van der Waals surface area contributed by atoms with Crippen molar-refractivity contribution in [3.63, 3.8) is 0 Å². The second-order valence-electron chi connectivity index (χ2n) is 6.94. The number of carboxylic acid groups (broad SMARTS) is 2. The van der Waals surface area contributed by atoms with E-state index >= 15 is 0 Å². The molecule has 0 bridgehead atoms. The summed E-state index contributed by atoms with van der Waals surface area (Å²) in [5, 5.41) is 26.2. The van der Waals surface area contributed by atoms with Gasteiger partial charge in [0.15, 0.2) is 0 Å². The van der Waals surface area contributed by atoms with E-state index in [1.165, 1.54) is 31.4 Å². The Kier molecular flexibility index (Phi) is 9.03. The molecule has 3 rings (SSSR count). The third-order valence-electron chi connectivity index (χ3n) is 4.32. The van der Waals surface area contributed by atoms with E-state index in [-0.39, 0.29) is 16.9 Å². The fourth-order valence-electron chi connectivity index (χ4n) is 2.46. The molecule has 0 atom stereocenters. The van der Waals surface area contributed by atoms with E-state index in [1.807, 2.05) is 0 Å². The third-order valence-corrected chi connectivity index (χ3v) is 4.32. The molecule has 0 aliphatic rings. The molecule has 0 radical (unpaired) electrons. The molecule has 0 saturated carbocycles. The lowest BCUT2D eigenvalue weighted by atomic mass is 10.2. The van der Waals surface area contributed by atoms with Gasteiger partial charge < -0.3 is 29.5 Å². The van der Waals surface area contributed by atoms with Crippen LogP contribution in [0.4, 0.5) is 17.6 Å². The minimum atomic E-state index is -5.09. The van der Waals surface area contributed by atoms with Gasteiger partial charge in [0.2, 0.25) is 0 Å². The lowest BCUT2D eigenvalue weighted by Crippen LogP contribution is -2.49. The van der Waals surface area contributed by atoms with Gasteiger partial charge in [0.1, 0.15) is 17.2 Å². The number of benzene rings is 3. The highest BCUT2D eigenvalue weighted by Gasteiger charge is 2.63. The number of carboxylic acids is 2. The third kappa shape index (κ3) is 7.85. The van der Waals surface area contributed by atoms with Gasteiger partial charge in [-0.05, 0) is 72.8 Å². The van der Waals surface area contributed by atoms with Gasteiger partial charge in [-0.3, -0.25) is 0 Å². The van der Waals surface area contributed by atoms with Crippen LogP contribution in [0.2, 0.25) is 0 Å². The summed E-state index contributed by atoms with van der Waals surface area (Å²) >= 11 is 0. The van der Waals surface area contributed by atoms with Crippen molar-refractivity contribution in [2.75, 3.05) is 7.11 Å². The van der Waals surface area contributed by atoms with Gasteiger partial charge >= 0.3 is 30.1 Å². The highest BCUT2D eigenvalue weighted by molar-refractivity contribution is 5.89. The van der Waals surface area contributed by atoms with E-state index in [2.05, 4.69) is 14.2 Å². The molecule has 0 aliphatic carbocycles. The average Bonchev–Trinajstić information content (AvgIpc) is 2.84. The van der Waals surface area contributed by atoms with Crippen LogP contribution in [-0.4, -0.2) is 52.6 Å². The maximum Gasteiger partial charge on any atom is 0.507 e. The summed E-state index contributed by atoms with van der Waals surface area (Å²) in [6.07, 6.45) is -10.2. The topological polar surface area (TPSA) is 140 Å². The fraction of sp³-hybridized carbons (Fsp3) is 0.125. The highest BCUT2D eigenvalue weighted by Crippen LogP contribution is 2.38. The number of aromatic carboxylic acids is 2. The molecule has 0 aromatic heterocycles. The minimum Gasteiger partial charge on any atom is -0.508 e. The monoisotopic (exact) mass is 526 g/mol. The Hall–Kier alpha value is -4.81. The Labute approximate surface area is 206 Å². The van der Waals surface area contributed by atoms with Gasteiger partial charge in [0.25, 0.3) is 0 Å². The molecule has 0 heterocycles. The van der Waals surface area contributed by atoms with Crippen molar-refractivity contribution >= 4 is 17.9 Å². The number of hydrogen-bond acceptors (Lipinski definition) is 7. The van der Waals surface area contributed by atoms with E-state index in [4.69, 9.17) is 15.3 Å². The zero-order valence-electron chi connectivity index (χ0n) is 18.7. The van der Waals surface area contributed by atoms with Crippen molar-refractivity contribution in [1.29, 1.82) is 0 Å². The van der Waals surface area contributed by atoms with Crippen LogP contribution in [-0.2, 0) is 4.74 Å². The number of aromatic hydroxyl groups is 1. The lowest BCUT2D eigenvalue weighted by Gasteiger charge is -2.26.